The molecule has 21 heavy (non-hydrogen) atoms. The number of carbonyl (C=O) groups excluding carboxylic acids is 1. The van der Waals surface area contributed by atoms with Crippen LogP contribution in [0, 0.1) is 19.7 Å². The van der Waals surface area contributed by atoms with Crippen LogP contribution in [-0.2, 0) is 6.54 Å². The number of rotatable bonds is 6. The summed E-state index contributed by atoms with van der Waals surface area (Å²) < 4.78 is 14.9. The van der Waals surface area contributed by atoms with Crippen LogP contribution in [0.4, 0.5) is 4.39 Å². The number of ketones is 1. The van der Waals surface area contributed by atoms with E-state index in [1.54, 1.807) is 12.1 Å². The fourth-order valence-corrected chi connectivity index (χ4v) is 3.03. The van der Waals surface area contributed by atoms with Gasteiger partial charge in [0, 0.05) is 28.4 Å². The number of hydrogen-bond acceptors (Lipinski definition) is 2. The van der Waals surface area contributed by atoms with E-state index in [4.69, 9.17) is 0 Å². The second-order valence-electron chi connectivity index (χ2n) is 4.85. The molecule has 0 saturated carbocycles. The van der Waals surface area contributed by atoms with Crippen molar-refractivity contribution in [2.45, 2.75) is 25.3 Å². The fourth-order valence-electron chi connectivity index (χ4n) is 2.25. The zero-order valence-electron chi connectivity index (χ0n) is 12.2. The summed E-state index contributed by atoms with van der Waals surface area (Å²) in [4.78, 5) is 13.2. The highest BCUT2D eigenvalue weighted by Crippen LogP contribution is 2.22. The van der Waals surface area contributed by atoms with Gasteiger partial charge in [-0.15, -0.1) is 18.3 Å². The van der Waals surface area contributed by atoms with Gasteiger partial charge in [-0.25, -0.2) is 4.39 Å². The maximum atomic E-state index is 12.8. The maximum absolute atomic E-state index is 12.8. The Morgan fingerprint density at radius 3 is 2.62 bits per heavy atom. The minimum Gasteiger partial charge on any atom is -0.345 e. The smallest absolute Gasteiger partial charge is 0.174 e. The number of nitrogens with zero attached hydrogens (tertiary/aromatic N) is 1. The van der Waals surface area contributed by atoms with Gasteiger partial charge in [0.2, 0.25) is 0 Å². The zero-order chi connectivity index (χ0) is 15.4. The Morgan fingerprint density at radius 2 is 2.00 bits per heavy atom. The van der Waals surface area contributed by atoms with E-state index in [9.17, 15) is 9.18 Å². The van der Waals surface area contributed by atoms with E-state index in [0.717, 1.165) is 21.8 Å². The van der Waals surface area contributed by atoms with Crippen molar-refractivity contribution in [2.24, 2.45) is 0 Å². The minimum absolute atomic E-state index is 0.0905. The molecular weight excluding hydrogens is 285 g/mol. The molecule has 0 fully saturated rings. The number of carbonyl (C=O) groups is 1. The monoisotopic (exact) mass is 303 g/mol. The van der Waals surface area contributed by atoms with Crippen molar-refractivity contribution in [3.8, 4) is 0 Å². The van der Waals surface area contributed by atoms with E-state index in [1.165, 1.54) is 23.9 Å². The summed E-state index contributed by atoms with van der Waals surface area (Å²) in [7, 11) is 0. The Balaban J connectivity index is 2.08. The first kappa shape index (κ1) is 15.6. The summed E-state index contributed by atoms with van der Waals surface area (Å²) >= 11 is 1.42. The summed E-state index contributed by atoms with van der Waals surface area (Å²) in [5.74, 6) is 0.177. The molecule has 0 atom stereocenters. The van der Waals surface area contributed by atoms with Gasteiger partial charge >= 0.3 is 0 Å². The van der Waals surface area contributed by atoms with Crippen molar-refractivity contribution < 1.29 is 9.18 Å². The molecule has 1 heterocycles. The van der Waals surface area contributed by atoms with Crippen LogP contribution >= 0.6 is 11.8 Å². The largest absolute Gasteiger partial charge is 0.345 e. The summed E-state index contributed by atoms with van der Waals surface area (Å²) in [6, 6.07) is 8.11. The van der Waals surface area contributed by atoms with Crippen molar-refractivity contribution in [2.75, 3.05) is 5.75 Å². The Hall–Kier alpha value is -1.81. The van der Waals surface area contributed by atoms with Gasteiger partial charge in [-0.1, -0.05) is 6.08 Å². The van der Waals surface area contributed by atoms with Crippen LogP contribution < -0.4 is 0 Å². The Bertz CT molecular complexity index is 658. The lowest BCUT2D eigenvalue weighted by Gasteiger charge is -2.06. The standard InChI is InChI=1S/C17H18FNOS/c1-4-9-19-12(2)10-16(13(19)3)17(20)11-21-15-7-5-14(18)6-8-15/h4-8,10H,1,9,11H2,2-3H3. The average molecular weight is 303 g/mol. The first-order chi connectivity index (χ1) is 10.0. The molecule has 0 saturated heterocycles. The van der Waals surface area contributed by atoms with Gasteiger partial charge in [-0.3, -0.25) is 4.79 Å². The second-order valence-corrected chi connectivity index (χ2v) is 5.90. The number of benzene rings is 1. The number of Topliss-reactive ketones (excluding diaryl/α,β-unsaturated/α-hetero) is 1. The number of allylic oxidation sites excluding steroid dienone is 1. The van der Waals surface area contributed by atoms with Gasteiger partial charge in [-0.2, -0.15) is 0 Å². The number of aromatic nitrogens is 1. The third-order valence-electron chi connectivity index (χ3n) is 3.37. The van der Waals surface area contributed by atoms with E-state index < -0.39 is 0 Å². The topological polar surface area (TPSA) is 22.0 Å². The molecule has 110 valence electrons. The van der Waals surface area contributed by atoms with E-state index in [2.05, 4.69) is 11.1 Å². The molecule has 0 bridgehead atoms. The number of hydrogen-bond donors (Lipinski definition) is 0. The Morgan fingerprint density at radius 1 is 1.33 bits per heavy atom. The van der Waals surface area contributed by atoms with Gasteiger partial charge in [-0.05, 0) is 44.2 Å². The molecule has 2 aromatic rings. The van der Waals surface area contributed by atoms with Crippen LogP contribution in [0.1, 0.15) is 21.7 Å². The van der Waals surface area contributed by atoms with Crippen LogP contribution in [-0.4, -0.2) is 16.1 Å². The quantitative estimate of drug-likeness (QED) is 0.448. The van der Waals surface area contributed by atoms with E-state index >= 15 is 0 Å². The molecule has 0 aliphatic heterocycles. The van der Waals surface area contributed by atoms with Crippen LogP contribution in [0.2, 0.25) is 0 Å². The summed E-state index contributed by atoms with van der Waals surface area (Å²) in [5.41, 5.74) is 2.78. The molecule has 2 nitrogen and oxygen atoms in total. The third-order valence-corrected chi connectivity index (χ3v) is 4.38. The minimum atomic E-state index is -0.265. The van der Waals surface area contributed by atoms with Gasteiger partial charge in [0.05, 0.1) is 5.75 Å². The van der Waals surface area contributed by atoms with Crippen LogP contribution in [0.3, 0.4) is 0 Å². The molecule has 1 aromatic carbocycles. The zero-order valence-corrected chi connectivity index (χ0v) is 13.0. The highest BCUT2D eigenvalue weighted by atomic mass is 32.2. The van der Waals surface area contributed by atoms with Crippen molar-refractivity contribution in [3.05, 3.63) is 65.8 Å². The van der Waals surface area contributed by atoms with Gasteiger partial charge < -0.3 is 4.57 Å². The second kappa shape index (κ2) is 6.76. The summed E-state index contributed by atoms with van der Waals surface area (Å²) in [6.07, 6.45) is 1.82. The van der Waals surface area contributed by atoms with Gasteiger partial charge in [0.25, 0.3) is 0 Å². The highest BCUT2D eigenvalue weighted by Gasteiger charge is 2.15. The molecule has 0 radical (unpaired) electrons. The molecule has 4 heteroatoms. The van der Waals surface area contributed by atoms with Crippen molar-refractivity contribution in [1.29, 1.82) is 0 Å². The van der Waals surface area contributed by atoms with Gasteiger partial charge in [0.15, 0.2) is 5.78 Å². The molecule has 0 N–H and O–H groups in total. The summed E-state index contributed by atoms with van der Waals surface area (Å²) in [6.45, 7) is 8.38. The molecule has 1 aromatic heterocycles. The van der Waals surface area contributed by atoms with Crippen molar-refractivity contribution >= 4 is 17.5 Å². The van der Waals surface area contributed by atoms with Gasteiger partial charge in [0.1, 0.15) is 5.82 Å². The van der Waals surface area contributed by atoms with E-state index in [0.29, 0.717) is 12.3 Å². The maximum Gasteiger partial charge on any atom is 0.174 e. The Labute approximate surface area is 128 Å². The third kappa shape index (κ3) is 3.64. The fraction of sp³-hybridized carbons (Fsp3) is 0.235. The first-order valence-corrected chi connectivity index (χ1v) is 7.70. The van der Waals surface area contributed by atoms with Crippen LogP contribution in [0.25, 0.3) is 0 Å². The van der Waals surface area contributed by atoms with Crippen LogP contribution in [0.5, 0.6) is 0 Å². The van der Waals surface area contributed by atoms with Crippen LogP contribution in [0.15, 0.2) is 47.9 Å². The molecule has 0 spiro atoms. The number of thioether (sulfide) groups is 1. The molecule has 0 aliphatic carbocycles. The SMILES string of the molecule is C=CCn1c(C)cc(C(=O)CSc2ccc(F)cc2)c1C. The normalized spacial score (nSPS) is 10.6. The molecule has 0 aliphatic rings. The number of halogens is 1. The Kier molecular flexibility index (Phi) is 5.02. The average Bonchev–Trinajstić information content (AvgIpc) is 2.75. The summed E-state index contributed by atoms with van der Waals surface area (Å²) in [5, 5.41) is 0. The van der Waals surface area contributed by atoms with Crippen molar-refractivity contribution in [3.63, 3.8) is 0 Å². The molecule has 0 amide bonds. The predicted molar refractivity (Wildman–Crippen MR) is 85.6 cm³/mol. The molecular formula is C17H18FNOS. The highest BCUT2D eigenvalue weighted by molar-refractivity contribution is 8.00. The molecule has 0 unspecified atom stereocenters. The lowest BCUT2D eigenvalue weighted by Crippen LogP contribution is -2.06. The van der Waals surface area contributed by atoms with E-state index in [1.807, 2.05) is 26.0 Å². The number of aryl methyl sites for hydroxylation is 1. The lowest BCUT2D eigenvalue weighted by molar-refractivity contribution is 0.102. The first-order valence-electron chi connectivity index (χ1n) is 6.72. The predicted octanol–water partition coefficient (Wildman–Crippen LogP) is 4.41. The van der Waals surface area contributed by atoms with E-state index in [-0.39, 0.29) is 11.6 Å². The molecule has 2 rings (SSSR count). The lowest BCUT2D eigenvalue weighted by atomic mass is 10.2. The van der Waals surface area contributed by atoms with Crippen molar-refractivity contribution in [1.82, 2.24) is 4.57 Å².